The van der Waals surface area contributed by atoms with E-state index in [1.54, 1.807) is 18.2 Å². The topological polar surface area (TPSA) is 94.6 Å². The Balaban J connectivity index is 2.19. The number of ether oxygens (including phenoxy) is 2. The molecule has 1 aliphatic carbocycles. The lowest BCUT2D eigenvalue weighted by molar-refractivity contribution is -0.142. The van der Waals surface area contributed by atoms with Crippen LogP contribution in [0.1, 0.15) is 55.9 Å². The summed E-state index contributed by atoms with van der Waals surface area (Å²) in [4.78, 5) is 39.9. The highest BCUT2D eigenvalue weighted by atomic mass is 16.5. The molecule has 0 unspecified atom stereocenters. The minimum Gasteiger partial charge on any atom is -0.467 e. The minimum absolute atomic E-state index is 0.219. The van der Waals surface area contributed by atoms with Gasteiger partial charge in [-0.25, -0.2) is 4.79 Å². The molecule has 0 saturated carbocycles. The third-order valence-electron chi connectivity index (χ3n) is 4.18. The van der Waals surface area contributed by atoms with Crippen LogP contribution >= 0.6 is 0 Å². The Morgan fingerprint density at radius 3 is 2.62 bits per heavy atom. The van der Waals surface area contributed by atoms with Gasteiger partial charge in [-0.2, -0.15) is 0 Å². The molecule has 140 valence electrons. The van der Waals surface area contributed by atoms with Gasteiger partial charge in [0.1, 0.15) is 17.5 Å². The smallest absolute Gasteiger partial charge is 0.328 e. The predicted octanol–water partition coefficient (Wildman–Crippen LogP) is 2.52. The zero-order chi connectivity index (χ0) is 18.9. The number of nitrogens with zero attached hydrogens (tertiary/aromatic N) is 1. The fraction of sp³-hybridized carbons (Fsp3) is 0.474. The number of hydrogen-bond acceptors (Lipinski definition) is 6. The summed E-state index contributed by atoms with van der Waals surface area (Å²) in [7, 11) is 1.27. The van der Waals surface area contributed by atoms with Crippen molar-refractivity contribution < 1.29 is 23.9 Å². The lowest BCUT2D eigenvalue weighted by Gasteiger charge is -2.19. The Morgan fingerprint density at radius 1 is 1.19 bits per heavy atom. The molecule has 1 N–H and O–H groups in total. The number of pyridine rings is 1. The molecular weight excluding hydrogens is 336 g/mol. The molecule has 2 rings (SSSR count). The largest absolute Gasteiger partial charge is 0.467 e. The molecule has 0 spiro atoms. The van der Waals surface area contributed by atoms with Crippen molar-refractivity contribution in [3.63, 3.8) is 0 Å². The highest BCUT2D eigenvalue weighted by Gasteiger charge is 2.26. The number of carbonyl (C=O) groups excluding carboxylic acids is 3. The molecule has 1 atom stereocenters. The summed E-state index contributed by atoms with van der Waals surface area (Å²) in [5.41, 5.74) is 1.09. The zero-order valence-electron chi connectivity index (χ0n) is 15.1. The van der Waals surface area contributed by atoms with Crippen LogP contribution < -0.4 is 5.32 Å². The number of esters is 2. The maximum Gasteiger partial charge on any atom is 0.328 e. The molecule has 1 aromatic rings. The van der Waals surface area contributed by atoms with E-state index in [0.717, 1.165) is 31.3 Å². The van der Waals surface area contributed by atoms with Crippen LogP contribution in [0.2, 0.25) is 0 Å². The van der Waals surface area contributed by atoms with Gasteiger partial charge in [-0.05, 0) is 37.0 Å². The van der Waals surface area contributed by atoms with Crippen LogP contribution in [0.25, 0.3) is 0 Å². The standard InChI is InChI=1S/C19H24N2O5/c1-13(22)26-17-10-5-3-4-8-14(17)12-16(19(24)25-2)21-18(23)15-9-6-7-11-20-15/h6-7,9,11,16H,3-5,8,10,12H2,1-2H3,(H,21,23)/t16-/m1/s1. The van der Waals surface area contributed by atoms with Gasteiger partial charge in [0.2, 0.25) is 0 Å². The minimum atomic E-state index is -0.867. The van der Waals surface area contributed by atoms with Crippen molar-refractivity contribution in [3.8, 4) is 0 Å². The number of nitrogens with one attached hydrogen (secondary N) is 1. The molecule has 1 aromatic heterocycles. The van der Waals surface area contributed by atoms with Crippen LogP contribution in [0.15, 0.2) is 35.7 Å². The summed E-state index contributed by atoms with van der Waals surface area (Å²) in [6.45, 7) is 1.36. The van der Waals surface area contributed by atoms with Crippen molar-refractivity contribution in [1.82, 2.24) is 10.3 Å². The summed E-state index contributed by atoms with van der Waals surface area (Å²) in [5, 5.41) is 2.67. The summed E-state index contributed by atoms with van der Waals surface area (Å²) in [6.07, 6.45) is 6.02. The number of methoxy groups -OCH3 is 1. The second kappa shape index (κ2) is 9.70. The quantitative estimate of drug-likeness (QED) is 0.784. The SMILES string of the molecule is COC(=O)[C@@H](CC1=C(OC(C)=O)CCCCC1)NC(=O)c1ccccn1. The molecule has 1 amide bonds. The molecule has 0 fully saturated rings. The van der Waals surface area contributed by atoms with Gasteiger partial charge in [0.05, 0.1) is 7.11 Å². The number of carbonyl (C=O) groups is 3. The van der Waals surface area contributed by atoms with Crippen LogP contribution in [0.5, 0.6) is 0 Å². The van der Waals surface area contributed by atoms with Crippen LogP contribution in [0.3, 0.4) is 0 Å². The molecule has 0 radical (unpaired) electrons. The summed E-state index contributed by atoms with van der Waals surface area (Å²) in [5.74, 6) is -0.778. The van der Waals surface area contributed by atoms with E-state index in [1.165, 1.54) is 20.2 Å². The van der Waals surface area contributed by atoms with Gasteiger partial charge in [0.15, 0.2) is 0 Å². The highest BCUT2D eigenvalue weighted by Crippen LogP contribution is 2.28. The highest BCUT2D eigenvalue weighted by molar-refractivity contribution is 5.95. The number of allylic oxidation sites excluding steroid dienone is 1. The van der Waals surface area contributed by atoms with Crippen molar-refractivity contribution >= 4 is 17.8 Å². The summed E-state index contributed by atoms with van der Waals surface area (Å²) >= 11 is 0. The van der Waals surface area contributed by atoms with Crippen LogP contribution in [0.4, 0.5) is 0 Å². The molecule has 0 bridgehead atoms. The van der Waals surface area contributed by atoms with Crippen molar-refractivity contribution in [1.29, 1.82) is 0 Å². The normalized spacial score (nSPS) is 15.6. The van der Waals surface area contributed by atoms with E-state index < -0.39 is 17.9 Å². The molecule has 26 heavy (non-hydrogen) atoms. The summed E-state index contributed by atoms with van der Waals surface area (Å²) < 4.78 is 10.2. The van der Waals surface area contributed by atoms with E-state index in [-0.39, 0.29) is 18.1 Å². The second-order valence-electron chi connectivity index (χ2n) is 6.15. The summed E-state index contributed by atoms with van der Waals surface area (Å²) in [6, 6.07) is 4.10. The van der Waals surface area contributed by atoms with E-state index in [0.29, 0.717) is 12.2 Å². The lowest BCUT2D eigenvalue weighted by atomic mass is 10.0. The van der Waals surface area contributed by atoms with Gasteiger partial charge in [0, 0.05) is 26.0 Å². The fourth-order valence-corrected chi connectivity index (χ4v) is 2.94. The van der Waals surface area contributed by atoms with Crippen LogP contribution in [-0.2, 0) is 19.1 Å². The first-order valence-electron chi connectivity index (χ1n) is 8.70. The van der Waals surface area contributed by atoms with Crippen molar-refractivity contribution in [3.05, 3.63) is 41.4 Å². The second-order valence-corrected chi connectivity index (χ2v) is 6.15. The van der Waals surface area contributed by atoms with Crippen molar-refractivity contribution in [2.45, 2.75) is 51.5 Å². The number of amides is 1. The molecule has 1 aliphatic rings. The third kappa shape index (κ3) is 5.68. The average Bonchev–Trinajstić information content (AvgIpc) is 2.86. The van der Waals surface area contributed by atoms with Gasteiger partial charge < -0.3 is 14.8 Å². The lowest BCUT2D eigenvalue weighted by Crippen LogP contribution is -2.42. The van der Waals surface area contributed by atoms with Gasteiger partial charge in [0.25, 0.3) is 5.91 Å². The van der Waals surface area contributed by atoms with Crippen LogP contribution in [-0.4, -0.2) is 36.0 Å². The van der Waals surface area contributed by atoms with E-state index in [9.17, 15) is 14.4 Å². The van der Waals surface area contributed by atoms with Gasteiger partial charge >= 0.3 is 11.9 Å². The maximum absolute atomic E-state index is 12.4. The van der Waals surface area contributed by atoms with Crippen molar-refractivity contribution in [2.75, 3.05) is 7.11 Å². The van der Waals surface area contributed by atoms with Gasteiger partial charge in [-0.15, -0.1) is 0 Å². The zero-order valence-corrected chi connectivity index (χ0v) is 15.1. The Bertz CT molecular complexity index is 684. The number of hydrogen-bond donors (Lipinski definition) is 1. The average molecular weight is 360 g/mol. The first-order chi connectivity index (χ1) is 12.5. The molecule has 7 heteroatoms. The van der Waals surface area contributed by atoms with Crippen LogP contribution in [0, 0.1) is 0 Å². The molecule has 0 aromatic carbocycles. The predicted molar refractivity (Wildman–Crippen MR) is 94.0 cm³/mol. The van der Waals surface area contributed by atoms with E-state index in [1.807, 2.05) is 0 Å². The van der Waals surface area contributed by atoms with Crippen molar-refractivity contribution in [2.24, 2.45) is 0 Å². The van der Waals surface area contributed by atoms with Gasteiger partial charge in [-0.3, -0.25) is 14.6 Å². The third-order valence-corrected chi connectivity index (χ3v) is 4.18. The Labute approximate surface area is 152 Å². The monoisotopic (exact) mass is 360 g/mol. The molecule has 0 saturated heterocycles. The first-order valence-corrected chi connectivity index (χ1v) is 8.70. The first kappa shape index (κ1) is 19.6. The molecule has 1 heterocycles. The Hall–Kier alpha value is -2.70. The van der Waals surface area contributed by atoms with E-state index in [4.69, 9.17) is 9.47 Å². The molecule has 0 aliphatic heterocycles. The van der Waals surface area contributed by atoms with E-state index >= 15 is 0 Å². The molecular formula is C19H24N2O5. The van der Waals surface area contributed by atoms with Gasteiger partial charge in [-0.1, -0.05) is 12.5 Å². The number of rotatable bonds is 6. The Kier molecular flexibility index (Phi) is 7.32. The number of aromatic nitrogens is 1. The maximum atomic E-state index is 12.4. The van der Waals surface area contributed by atoms with E-state index in [2.05, 4.69) is 10.3 Å². The molecule has 7 nitrogen and oxygen atoms in total. The fourth-order valence-electron chi connectivity index (χ4n) is 2.94. The Morgan fingerprint density at radius 2 is 1.96 bits per heavy atom.